The second-order valence-corrected chi connectivity index (χ2v) is 7.67. The van der Waals surface area contributed by atoms with E-state index in [1.165, 1.54) is 0 Å². The lowest BCUT2D eigenvalue weighted by molar-refractivity contribution is -0.117. The molecular weight excluding hydrogens is 376 g/mol. The summed E-state index contributed by atoms with van der Waals surface area (Å²) in [5.41, 5.74) is 3.80. The number of halogens is 1. The van der Waals surface area contributed by atoms with Crippen LogP contribution < -0.4 is 9.80 Å². The van der Waals surface area contributed by atoms with Crippen LogP contribution in [-0.2, 0) is 4.79 Å². The largest absolute Gasteiger partial charge is 0.378 e. The Bertz CT molecular complexity index is 1010. The maximum atomic E-state index is 12.6. The third kappa shape index (κ3) is 3.47. The number of aryl methyl sites for hydroxylation is 1. The predicted octanol–water partition coefficient (Wildman–Crippen LogP) is 4.28. The molecule has 1 aromatic heterocycles. The van der Waals surface area contributed by atoms with Gasteiger partial charge >= 0.3 is 0 Å². The summed E-state index contributed by atoms with van der Waals surface area (Å²) < 4.78 is 5.46. The Morgan fingerprint density at radius 1 is 1.18 bits per heavy atom. The third-order valence-electron chi connectivity index (χ3n) is 5.01. The second kappa shape index (κ2) is 7.28. The highest BCUT2D eigenvalue weighted by Gasteiger charge is 2.35. The fraction of sp³-hybridized carbons (Fsp3) is 0.286. The van der Waals surface area contributed by atoms with Crippen molar-refractivity contribution in [3.63, 3.8) is 0 Å². The van der Waals surface area contributed by atoms with E-state index < -0.39 is 0 Å². The normalized spacial score (nSPS) is 16.6. The minimum absolute atomic E-state index is 0.0529. The van der Waals surface area contributed by atoms with Gasteiger partial charge in [0.2, 0.25) is 5.91 Å². The highest BCUT2D eigenvalue weighted by Crippen LogP contribution is 2.34. The number of carbonyl (C=O) groups is 1. The molecule has 0 N–H and O–H groups in total. The van der Waals surface area contributed by atoms with Gasteiger partial charge in [-0.25, -0.2) is 0 Å². The van der Waals surface area contributed by atoms with E-state index in [1.807, 2.05) is 62.3 Å². The van der Waals surface area contributed by atoms with Crippen LogP contribution in [0.2, 0.25) is 5.02 Å². The quantitative estimate of drug-likeness (QED) is 0.658. The molecule has 2 heterocycles. The summed E-state index contributed by atoms with van der Waals surface area (Å²) in [5.74, 6) is 0.987. The average Bonchev–Trinajstić information content (AvgIpc) is 3.29. The molecule has 4 rings (SSSR count). The SMILES string of the molecule is Cc1cc(Cl)ccc1N1CC(c2noc(-c3ccc(N(C)C)cc3)n2)CC1=O. The van der Waals surface area contributed by atoms with E-state index in [4.69, 9.17) is 16.1 Å². The first-order valence-corrected chi connectivity index (χ1v) is 9.48. The molecule has 6 nitrogen and oxygen atoms in total. The van der Waals surface area contributed by atoms with Crippen LogP contribution in [0.5, 0.6) is 0 Å². The maximum Gasteiger partial charge on any atom is 0.257 e. The molecule has 1 unspecified atom stereocenters. The number of aromatic nitrogens is 2. The van der Waals surface area contributed by atoms with E-state index in [1.54, 1.807) is 11.0 Å². The van der Waals surface area contributed by atoms with Crippen LogP contribution >= 0.6 is 11.6 Å². The number of amides is 1. The van der Waals surface area contributed by atoms with Gasteiger partial charge in [0.25, 0.3) is 5.89 Å². The van der Waals surface area contributed by atoms with E-state index in [2.05, 4.69) is 10.1 Å². The second-order valence-electron chi connectivity index (χ2n) is 7.24. The summed E-state index contributed by atoms with van der Waals surface area (Å²) in [6.07, 6.45) is 0.362. The first kappa shape index (κ1) is 18.5. The zero-order valence-corrected chi connectivity index (χ0v) is 16.8. The van der Waals surface area contributed by atoms with E-state index >= 15 is 0 Å². The molecule has 0 spiro atoms. The number of rotatable bonds is 4. The maximum absolute atomic E-state index is 12.6. The summed E-state index contributed by atoms with van der Waals surface area (Å²) >= 11 is 6.03. The van der Waals surface area contributed by atoms with Gasteiger partial charge in [-0.15, -0.1) is 0 Å². The predicted molar refractivity (Wildman–Crippen MR) is 110 cm³/mol. The Labute approximate surface area is 168 Å². The monoisotopic (exact) mass is 396 g/mol. The van der Waals surface area contributed by atoms with Gasteiger partial charge in [0.1, 0.15) is 0 Å². The zero-order chi connectivity index (χ0) is 19.8. The molecule has 0 saturated carbocycles. The highest BCUT2D eigenvalue weighted by atomic mass is 35.5. The smallest absolute Gasteiger partial charge is 0.257 e. The number of hydrogen-bond donors (Lipinski definition) is 0. The standard InChI is InChI=1S/C21H21ClN4O2/c1-13-10-16(22)6-9-18(13)26-12-15(11-19(26)27)20-23-21(28-24-20)14-4-7-17(8-5-14)25(2)3/h4-10,15H,11-12H2,1-3H3. The van der Waals surface area contributed by atoms with E-state index in [9.17, 15) is 4.79 Å². The molecular formula is C21H21ClN4O2. The van der Waals surface area contributed by atoms with Crippen LogP contribution in [0.1, 0.15) is 23.7 Å². The Hall–Kier alpha value is -2.86. The van der Waals surface area contributed by atoms with Crippen molar-refractivity contribution in [3.8, 4) is 11.5 Å². The molecule has 1 aliphatic rings. The van der Waals surface area contributed by atoms with Crippen LogP contribution in [-0.4, -0.2) is 36.7 Å². The van der Waals surface area contributed by atoms with E-state index in [0.717, 1.165) is 22.5 Å². The lowest BCUT2D eigenvalue weighted by Crippen LogP contribution is -2.25. The molecule has 28 heavy (non-hydrogen) atoms. The lowest BCUT2D eigenvalue weighted by Gasteiger charge is -2.18. The Morgan fingerprint density at radius 3 is 2.61 bits per heavy atom. The Kier molecular flexibility index (Phi) is 4.81. The molecule has 144 valence electrons. The molecule has 1 aliphatic heterocycles. The molecule has 1 fully saturated rings. The van der Waals surface area contributed by atoms with Gasteiger partial charge in [-0.3, -0.25) is 4.79 Å². The summed E-state index contributed by atoms with van der Waals surface area (Å²) in [7, 11) is 3.98. The van der Waals surface area contributed by atoms with Crippen molar-refractivity contribution >= 4 is 28.9 Å². The van der Waals surface area contributed by atoms with Crippen molar-refractivity contribution in [1.29, 1.82) is 0 Å². The molecule has 0 radical (unpaired) electrons. The number of carbonyl (C=O) groups excluding carboxylic acids is 1. The first-order chi connectivity index (χ1) is 13.4. The fourth-order valence-corrected chi connectivity index (χ4v) is 3.68. The van der Waals surface area contributed by atoms with Crippen LogP contribution in [0, 0.1) is 6.92 Å². The number of benzene rings is 2. The van der Waals surface area contributed by atoms with Crippen molar-refractivity contribution < 1.29 is 9.32 Å². The summed E-state index contributed by atoms with van der Waals surface area (Å²) in [6, 6.07) is 13.5. The van der Waals surface area contributed by atoms with Gasteiger partial charge in [0.15, 0.2) is 5.82 Å². The number of anilines is 2. The summed E-state index contributed by atoms with van der Waals surface area (Å²) in [6.45, 7) is 2.48. The summed E-state index contributed by atoms with van der Waals surface area (Å²) in [4.78, 5) is 20.9. The fourth-order valence-electron chi connectivity index (χ4n) is 3.46. The molecule has 1 amide bonds. The molecule has 0 aliphatic carbocycles. The van der Waals surface area contributed by atoms with Gasteiger partial charge in [-0.1, -0.05) is 16.8 Å². The average molecular weight is 397 g/mol. The van der Waals surface area contributed by atoms with Crippen LogP contribution in [0.25, 0.3) is 11.5 Å². The topological polar surface area (TPSA) is 62.5 Å². The van der Waals surface area contributed by atoms with Crippen molar-refractivity contribution in [2.45, 2.75) is 19.3 Å². The lowest BCUT2D eigenvalue weighted by atomic mass is 10.1. The van der Waals surface area contributed by atoms with Crippen LogP contribution in [0.3, 0.4) is 0 Å². The van der Waals surface area contributed by atoms with Gasteiger partial charge in [0, 0.05) is 54.9 Å². The van der Waals surface area contributed by atoms with Gasteiger partial charge in [-0.2, -0.15) is 4.98 Å². The summed E-state index contributed by atoms with van der Waals surface area (Å²) in [5, 5.41) is 4.79. The number of hydrogen-bond acceptors (Lipinski definition) is 5. The molecule has 3 aromatic rings. The molecule has 0 bridgehead atoms. The van der Waals surface area contributed by atoms with Crippen molar-refractivity contribution in [2.75, 3.05) is 30.4 Å². The molecule has 7 heteroatoms. The van der Waals surface area contributed by atoms with E-state index in [-0.39, 0.29) is 11.8 Å². The molecule has 2 aromatic carbocycles. The van der Waals surface area contributed by atoms with Gasteiger partial charge < -0.3 is 14.3 Å². The minimum Gasteiger partial charge on any atom is -0.378 e. The van der Waals surface area contributed by atoms with Gasteiger partial charge in [-0.05, 0) is 55.0 Å². The van der Waals surface area contributed by atoms with Crippen molar-refractivity contribution in [3.05, 3.63) is 58.9 Å². The first-order valence-electron chi connectivity index (χ1n) is 9.10. The van der Waals surface area contributed by atoms with Crippen LogP contribution in [0.4, 0.5) is 11.4 Å². The number of nitrogens with zero attached hydrogens (tertiary/aromatic N) is 4. The van der Waals surface area contributed by atoms with Crippen molar-refractivity contribution in [1.82, 2.24) is 10.1 Å². The highest BCUT2D eigenvalue weighted by molar-refractivity contribution is 6.30. The minimum atomic E-state index is -0.0962. The Balaban J connectivity index is 1.54. The zero-order valence-electron chi connectivity index (χ0n) is 16.0. The van der Waals surface area contributed by atoms with E-state index in [0.29, 0.717) is 29.7 Å². The molecule has 1 saturated heterocycles. The Morgan fingerprint density at radius 2 is 1.93 bits per heavy atom. The van der Waals surface area contributed by atoms with Crippen LogP contribution in [0.15, 0.2) is 47.0 Å². The third-order valence-corrected chi connectivity index (χ3v) is 5.25. The van der Waals surface area contributed by atoms with Gasteiger partial charge in [0.05, 0.1) is 0 Å². The van der Waals surface area contributed by atoms with Crippen molar-refractivity contribution in [2.24, 2.45) is 0 Å². The molecule has 1 atom stereocenters.